The third-order valence-corrected chi connectivity index (χ3v) is 10.8. The van der Waals surface area contributed by atoms with Crippen molar-refractivity contribution in [2.45, 2.75) is 88.6 Å². The Labute approximate surface area is 252 Å². The first-order chi connectivity index (χ1) is 20.3. The van der Waals surface area contributed by atoms with E-state index in [1.54, 1.807) is 12.5 Å². The zero-order valence-electron chi connectivity index (χ0n) is 25.4. The highest BCUT2D eigenvalue weighted by Crippen LogP contribution is 2.54. The zero-order chi connectivity index (χ0) is 31.5. The Morgan fingerprint density at radius 2 is 1.74 bits per heavy atom. The highest BCUT2D eigenvalue weighted by molar-refractivity contribution is 6.25. The average Bonchev–Trinajstić information content (AvgIpc) is 2.94. The minimum atomic E-state index is -2.94. The molecule has 235 valence electrons. The van der Waals surface area contributed by atoms with Crippen LogP contribution in [0.3, 0.4) is 0 Å². The smallest absolute Gasteiger partial charge is 0.230 e. The van der Waals surface area contributed by atoms with Crippen molar-refractivity contribution in [3.63, 3.8) is 0 Å². The number of rotatable bonds is 7. The average molecular weight is 598 g/mol. The number of primary amides is 1. The van der Waals surface area contributed by atoms with Gasteiger partial charge < -0.3 is 36.2 Å². The standard InChI is InChI=1S/C33H45N2O8/c1-5-6-7-18(16-10-8-15(2)9-11-16)19-13-12-17-14-20-22(28(38)21(17)26(19)36)30(40)33(43)24(27(20)37)25(35(3)4)29(39)23(31(33)41)32(34)42/h12-16,18,20,23-25,27,29,36-39,43H,5-11H2,1-4H3,(H2,34,42)/t15?,16?,18?,20-,23?,24-,25+,27+,29?,33+/m0/s1. The fraction of sp³-hybridized carbons (Fsp3) is 0.636. The Morgan fingerprint density at radius 1 is 1.09 bits per heavy atom. The van der Waals surface area contributed by atoms with Crippen LogP contribution < -0.4 is 5.73 Å². The summed E-state index contributed by atoms with van der Waals surface area (Å²) < 4.78 is 0. The number of phenols is 1. The number of hydrogen-bond donors (Lipinski definition) is 6. The van der Waals surface area contributed by atoms with Gasteiger partial charge in [-0.15, -0.1) is 0 Å². The van der Waals surface area contributed by atoms with E-state index in [9.17, 15) is 39.9 Å². The molecule has 0 aliphatic heterocycles. The number of nitrogens with zero attached hydrogens (tertiary/aromatic N) is 1. The van der Waals surface area contributed by atoms with Crippen LogP contribution in [0.4, 0.5) is 0 Å². The van der Waals surface area contributed by atoms with E-state index in [1.807, 2.05) is 6.07 Å². The van der Waals surface area contributed by atoms with Crippen LogP contribution in [-0.4, -0.2) is 85.9 Å². The zero-order valence-corrected chi connectivity index (χ0v) is 25.4. The maximum Gasteiger partial charge on any atom is 0.230 e. The van der Waals surface area contributed by atoms with Gasteiger partial charge in [-0.05, 0) is 62.2 Å². The van der Waals surface area contributed by atoms with Gasteiger partial charge in [0.15, 0.2) is 11.4 Å². The number of likely N-dealkylation sites (N-methyl/N-ethyl adjacent to an activating group) is 1. The molecule has 0 saturated heterocycles. The SMILES string of the molecule is CCCCC(c1ccc2c(c1O)C(O)=C1C(=O)[C@@]3(O)C(=O)C(C(N)=O)C(O)[C@H](N(C)C)[C@H]3[C@H](O)[C@H]1[CH]2)C1CCC(C)CC1. The summed E-state index contributed by atoms with van der Waals surface area (Å²) in [4.78, 5) is 41.4. The lowest BCUT2D eigenvalue weighted by Crippen LogP contribution is -2.76. The lowest BCUT2D eigenvalue weighted by Gasteiger charge is -2.55. The van der Waals surface area contributed by atoms with E-state index in [1.165, 1.54) is 19.0 Å². The molecule has 3 unspecified atom stereocenters. The van der Waals surface area contributed by atoms with Crippen LogP contribution in [0.1, 0.15) is 81.4 Å². The van der Waals surface area contributed by atoms with Crippen molar-refractivity contribution in [2.75, 3.05) is 14.1 Å². The van der Waals surface area contributed by atoms with Crippen LogP contribution in [0.5, 0.6) is 5.75 Å². The van der Waals surface area contributed by atoms with Crippen LogP contribution in [0.25, 0.3) is 5.76 Å². The maximum atomic E-state index is 14.1. The molecule has 1 amide bonds. The molecule has 3 fully saturated rings. The van der Waals surface area contributed by atoms with Crippen molar-refractivity contribution in [1.29, 1.82) is 0 Å². The molecule has 4 aliphatic rings. The molecule has 3 saturated carbocycles. The maximum absolute atomic E-state index is 14.1. The molecule has 4 aliphatic carbocycles. The number of hydrogen-bond acceptors (Lipinski definition) is 9. The molecular weight excluding hydrogens is 552 g/mol. The second-order valence-electron chi connectivity index (χ2n) is 13.5. The van der Waals surface area contributed by atoms with Crippen LogP contribution in [-0.2, 0) is 14.4 Å². The summed E-state index contributed by atoms with van der Waals surface area (Å²) in [5.41, 5.74) is 3.21. The van der Waals surface area contributed by atoms with Gasteiger partial charge in [0, 0.05) is 29.9 Å². The molecule has 43 heavy (non-hydrogen) atoms. The van der Waals surface area contributed by atoms with E-state index < -0.39 is 70.4 Å². The topological polar surface area (TPSA) is 182 Å². The molecule has 1 aromatic carbocycles. The summed E-state index contributed by atoms with van der Waals surface area (Å²) in [7, 11) is 3.06. The number of ketones is 2. The molecule has 5 rings (SSSR count). The number of aliphatic hydroxyl groups is 4. The minimum absolute atomic E-state index is 0.0240. The largest absolute Gasteiger partial charge is 0.507 e. The molecule has 0 aromatic heterocycles. The quantitative estimate of drug-likeness (QED) is 0.257. The lowest BCUT2D eigenvalue weighted by molar-refractivity contribution is -0.197. The summed E-state index contributed by atoms with van der Waals surface area (Å²) in [6.45, 7) is 4.37. The van der Waals surface area contributed by atoms with Crippen LogP contribution in [0.15, 0.2) is 17.7 Å². The molecule has 0 heterocycles. The predicted molar refractivity (Wildman–Crippen MR) is 159 cm³/mol. The van der Waals surface area contributed by atoms with E-state index >= 15 is 0 Å². The van der Waals surface area contributed by atoms with E-state index in [4.69, 9.17) is 5.73 Å². The number of carbonyl (C=O) groups is 3. The van der Waals surface area contributed by atoms with Crippen LogP contribution in [0, 0.1) is 36.0 Å². The summed E-state index contributed by atoms with van der Waals surface area (Å²) >= 11 is 0. The summed E-state index contributed by atoms with van der Waals surface area (Å²) in [5.74, 6) is -7.95. The minimum Gasteiger partial charge on any atom is -0.507 e. The van der Waals surface area contributed by atoms with Crippen molar-refractivity contribution in [2.24, 2.45) is 35.3 Å². The molecule has 10 heteroatoms. The normalized spacial score (nSPS) is 36.7. The molecule has 10 nitrogen and oxygen atoms in total. The Balaban J connectivity index is 1.63. The first-order valence-corrected chi connectivity index (χ1v) is 15.5. The first-order valence-electron chi connectivity index (χ1n) is 15.5. The van der Waals surface area contributed by atoms with Gasteiger partial charge in [0.25, 0.3) is 0 Å². The van der Waals surface area contributed by atoms with Gasteiger partial charge in [-0.2, -0.15) is 0 Å². The number of carbonyl (C=O) groups excluding carboxylic acids is 3. The van der Waals surface area contributed by atoms with E-state index in [0.29, 0.717) is 23.0 Å². The number of nitrogens with two attached hydrogens (primary N) is 1. The number of fused-ring (bicyclic) bond motifs is 3. The molecule has 0 bridgehead atoms. The molecule has 7 N–H and O–H groups in total. The van der Waals surface area contributed by atoms with Gasteiger partial charge in [-0.1, -0.05) is 51.7 Å². The third kappa shape index (κ3) is 4.81. The molecule has 0 spiro atoms. The predicted octanol–water partition coefficient (Wildman–Crippen LogP) is 2.21. The van der Waals surface area contributed by atoms with E-state index in [2.05, 4.69) is 13.8 Å². The number of Topliss-reactive ketones (excluding diaryl/α,β-unsaturated/α-hetero) is 2. The van der Waals surface area contributed by atoms with Crippen molar-refractivity contribution in [1.82, 2.24) is 4.90 Å². The number of phenolic OH excluding ortho intramolecular Hbond substituents is 1. The Bertz CT molecular complexity index is 1330. The second kappa shape index (κ2) is 11.6. The number of amides is 1. The number of aliphatic hydroxyl groups excluding tert-OH is 3. The van der Waals surface area contributed by atoms with Gasteiger partial charge >= 0.3 is 0 Å². The van der Waals surface area contributed by atoms with Crippen molar-refractivity contribution < 1.29 is 39.9 Å². The Morgan fingerprint density at radius 3 is 2.33 bits per heavy atom. The van der Waals surface area contributed by atoms with Gasteiger partial charge in [0.05, 0.1) is 17.8 Å². The molecule has 1 radical (unpaired) electrons. The first kappa shape index (κ1) is 31.6. The van der Waals surface area contributed by atoms with Gasteiger partial charge in [-0.25, -0.2) is 0 Å². The molecule has 8 atom stereocenters. The van der Waals surface area contributed by atoms with Gasteiger partial charge in [0.1, 0.15) is 17.4 Å². The molecular formula is C33H45N2O8. The molecule has 1 aromatic rings. The Kier molecular flexibility index (Phi) is 8.54. The number of aromatic hydroxyl groups is 1. The van der Waals surface area contributed by atoms with E-state index in [-0.39, 0.29) is 17.2 Å². The van der Waals surface area contributed by atoms with E-state index in [0.717, 1.165) is 44.9 Å². The summed E-state index contributed by atoms with van der Waals surface area (Å²) in [5, 5.41) is 57.8. The number of benzene rings is 1. The highest BCUT2D eigenvalue weighted by atomic mass is 16.3. The van der Waals surface area contributed by atoms with Crippen molar-refractivity contribution in [3.05, 3.63) is 40.8 Å². The van der Waals surface area contributed by atoms with Gasteiger partial charge in [0.2, 0.25) is 11.7 Å². The monoisotopic (exact) mass is 597 g/mol. The fourth-order valence-electron chi connectivity index (χ4n) is 8.44. The highest BCUT2D eigenvalue weighted by Gasteiger charge is 2.70. The van der Waals surface area contributed by atoms with Crippen LogP contribution >= 0.6 is 0 Å². The van der Waals surface area contributed by atoms with Crippen molar-refractivity contribution in [3.8, 4) is 5.75 Å². The lowest BCUT2D eigenvalue weighted by atomic mass is 9.53. The Hall–Kier alpha value is -2.79. The van der Waals surface area contributed by atoms with Gasteiger partial charge in [-0.3, -0.25) is 14.4 Å². The second-order valence-corrected chi connectivity index (χ2v) is 13.5. The van der Waals surface area contributed by atoms with Crippen molar-refractivity contribution >= 4 is 23.2 Å². The summed E-state index contributed by atoms with van der Waals surface area (Å²) in [6.07, 6.45) is 5.39. The fourth-order valence-corrected chi connectivity index (χ4v) is 8.44. The number of unbranched alkanes of at least 4 members (excludes halogenated alkanes) is 1. The summed E-state index contributed by atoms with van der Waals surface area (Å²) in [6, 6.07) is 2.45. The third-order valence-electron chi connectivity index (χ3n) is 10.8. The van der Waals surface area contributed by atoms with Crippen LogP contribution in [0.2, 0.25) is 0 Å².